The Hall–Kier alpha value is -2.01. The molecule has 0 fully saturated rings. The second-order valence-electron chi connectivity index (χ2n) is 3.99. The molecule has 0 radical (unpaired) electrons. The van der Waals surface area contributed by atoms with Gasteiger partial charge in [0.25, 0.3) is 0 Å². The molecule has 2 rings (SSSR count). The fourth-order valence-electron chi connectivity index (χ4n) is 1.79. The number of nitrogens with two attached hydrogens (primary N) is 1. The van der Waals surface area contributed by atoms with Crippen LogP contribution in [0.5, 0.6) is 0 Å². The van der Waals surface area contributed by atoms with E-state index in [9.17, 15) is 9.18 Å². The van der Waals surface area contributed by atoms with E-state index in [2.05, 4.69) is 4.74 Å². The summed E-state index contributed by atoms with van der Waals surface area (Å²) in [7, 11) is 1.28. The van der Waals surface area contributed by atoms with Gasteiger partial charge in [-0.05, 0) is 17.7 Å². The Morgan fingerprint density at radius 3 is 2.95 bits per heavy atom. The molecular formula is C13H12ClFN2O2. The quantitative estimate of drug-likeness (QED) is 0.881. The van der Waals surface area contributed by atoms with E-state index in [1.54, 1.807) is 22.9 Å². The molecule has 0 spiro atoms. The summed E-state index contributed by atoms with van der Waals surface area (Å²) in [6.45, 7) is 0.234. The standard InChI is InChI=1S/C13H12ClFN2O2/c1-19-13(18)11-5-9(16)7-17(11)6-8-3-2-4-10(15)12(8)14/h2-5,7H,6,16H2,1H3. The van der Waals surface area contributed by atoms with E-state index in [1.165, 1.54) is 19.2 Å². The Kier molecular flexibility index (Phi) is 3.76. The Balaban J connectivity index is 2.38. The molecule has 2 aromatic rings. The minimum atomic E-state index is -0.510. The number of carbonyl (C=O) groups is 1. The summed E-state index contributed by atoms with van der Waals surface area (Å²) < 4.78 is 19.6. The molecule has 0 atom stereocenters. The van der Waals surface area contributed by atoms with Crippen molar-refractivity contribution in [2.24, 2.45) is 0 Å². The number of benzene rings is 1. The van der Waals surface area contributed by atoms with Crippen LogP contribution in [-0.2, 0) is 11.3 Å². The maximum atomic E-state index is 13.4. The zero-order chi connectivity index (χ0) is 14.0. The van der Waals surface area contributed by atoms with Crippen molar-refractivity contribution < 1.29 is 13.9 Å². The second-order valence-corrected chi connectivity index (χ2v) is 4.37. The molecule has 4 nitrogen and oxygen atoms in total. The van der Waals surface area contributed by atoms with Crippen LogP contribution in [0.4, 0.5) is 10.1 Å². The topological polar surface area (TPSA) is 57.2 Å². The molecule has 0 unspecified atom stereocenters. The lowest BCUT2D eigenvalue weighted by Crippen LogP contribution is -2.11. The molecule has 2 N–H and O–H groups in total. The molecular weight excluding hydrogens is 271 g/mol. The summed E-state index contributed by atoms with van der Waals surface area (Å²) in [6, 6.07) is 6.01. The smallest absolute Gasteiger partial charge is 0.354 e. The van der Waals surface area contributed by atoms with Crippen molar-refractivity contribution in [1.29, 1.82) is 0 Å². The fraction of sp³-hybridized carbons (Fsp3) is 0.154. The molecule has 0 aliphatic heterocycles. The minimum Gasteiger partial charge on any atom is -0.464 e. The predicted molar refractivity (Wildman–Crippen MR) is 70.7 cm³/mol. The van der Waals surface area contributed by atoms with E-state index in [1.807, 2.05) is 0 Å². The maximum Gasteiger partial charge on any atom is 0.354 e. The summed E-state index contributed by atoms with van der Waals surface area (Å²) in [5, 5.41) is 0.0330. The van der Waals surface area contributed by atoms with E-state index < -0.39 is 11.8 Å². The van der Waals surface area contributed by atoms with Crippen molar-refractivity contribution >= 4 is 23.3 Å². The lowest BCUT2D eigenvalue weighted by Gasteiger charge is -2.09. The van der Waals surface area contributed by atoms with Crippen molar-refractivity contribution in [1.82, 2.24) is 4.57 Å². The minimum absolute atomic E-state index is 0.0330. The Labute approximate surface area is 114 Å². The van der Waals surface area contributed by atoms with Crippen molar-refractivity contribution in [3.63, 3.8) is 0 Å². The van der Waals surface area contributed by atoms with Crippen molar-refractivity contribution in [3.05, 3.63) is 52.6 Å². The molecule has 0 amide bonds. The third-order valence-corrected chi connectivity index (χ3v) is 3.11. The summed E-state index contributed by atoms with van der Waals surface area (Å²) in [4.78, 5) is 11.6. The number of hydrogen-bond donors (Lipinski definition) is 1. The molecule has 0 aliphatic carbocycles. The number of carbonyl (C=O) groups excluding carboxylic acids is 1. The van der Waals surface area contributed by atoms with Crippen molar-refractivity contribution in [2.45, 2.75) is 6.54 Å². The number of ether oxygens (including phenoxy) is 1. The third kappa shape index (κ3) is 2.71. The van der Waals surface area contributed by atoms with Crippen molar-refractivity contribution in [3.8, 4) is 0 Å². The van der Waals surface area contributed by atoms with Crippen LogP contribution in [0.3, 0.4) is 0 Å². The van der Waals surface area contributed by atoms with Gasteiger partial charge in [0.05, 0.1) is 17.8 Å². The van der Waals surface area contributed by atoms with Gasteiger partial charge >= 0.3 is 5.97 Å². The number of rotatable bonds is 3. The number of anilines is 1. The maximum absolute atomic E-state index is 13.4. The molecule has 1 aromatic heterocycles. The zero-order valence-corrected chi connectivity index (χ0v) is 10.9. The number of nitrogens with zero attached hydrogens (tertiary/aromatic N) is 1. The summed E-state index contributed by atoms with van der Waals surface area (Å²) >= 11 is 5.88. The number of methoxy groups -OCH3 is 1. The highest BCUT2D eigenvalue weighted by molar-refractivity contribution is 6.31. The first-order valence-corrected chi connectivity index (χ1v) is 5.87. The molecule has 0 saturated carbocycles. The first-order valence-electron chi connectivity index (χ1n) is 5.49. The largest absolute Gasteiger partial charge is 0.464 e. The highest BCUT2D eigenvalue weighted by atomic mass is 35.5. The Bertz CT molecular complexity index is 625. The van der Waals surface area contributed by atoms with Crippen LogP contribution in [0.2, 0.25) is 5.02 Å². The highest BCUT2D eigenvalue weighted by Gasteiger charge is 2.15. The number of nitrogen functional groups attached to an aromatic ring is 1. The fourth-order valence-corrected chi connectivity index (χ4v) is 1.98. The second kappa shape index (κ2) is 5.32. The molecule has 1 aromatic carbocycles. The van der Waals surface area contributed by atoms with Gasteiger partial charge in [-0.25, -0.2) is 9.18 Å². The van der Waals surface area contributed by atoms with Gasteiger partial charge in [0.2, 0.25) is 0 Å². The zero-order valence-electron chi connectivity index (χ0n) is 10.2. The average Bonchev–Trinajstić information content (AvgIpc) is 2.75. The van der Waals surface area contributed by atoms with Crippen LogP contribution in [0.1, 0.15) is 16.1 Å². The number of esters is 1. The average molecular weight is 283 g/mol. The van der Waals surface area contributed by atoms with Gasteiger partial charge in [0.1, 0.15) is 11.5 Å². The number of halogens is 2. The van der Waals surface area contributed by atoms with Crippen molar-refractivity contribution in [2.75, 3.05) is 12.8 Å². The lowest BCUT2D eigenvalue weighted by atomic mass is 10.2. The lowest BCUT2D eigenvalue weighted by molar-refractivity contribution is 0.0589. The van der Waals surface area contributed by atoms with E-state index in [-0.39, 0.29) is 11.6 Å². The van der Waals surface area contributed by atoms with Gasteiger partial charge in [0, 0.05) is 12.7 Å². The molecule has 6 heteroatoms. The normalized spacial score (nSPS) is 10.5. The van der Waals surface area contributed by atoms with E-state index in [0.717, 1.165) is 0 Å². The first kappa shape index (κ1) is 13.4. The number of aromatic nitrogens is 1. The molecule has 100 valence electrons. The SMILES string of the molecule is COC(=O)c1cc(N)cn1Cc1cccc(F)c1Cl. The summed E-state index contributed by atoms with van der Waals surface area (Å²) in [5.41, 5.74) is 6.93. The van der Waals surface area contributed by atoms with Gasteiger partial charge in [0.15, 0.2) is 0 Å². The Morgan fingerprint density at radius 1 is 1.53 bits per heavy atom. The van der Waals surface area contributed by atoms with Gasteiger partial charge in [-0.15, -0.1) is 0 Å². The van der Waals surface area contributed by atoms with E-state index in [4.69, 9.17) is 17.3 Å². The molecule has 0 aliphatic rings. The molecule has 19 heavy (non-hydrogen) atoms. The van der Waals surface area contributed by atoms with Crippen LogP contribution in [0, 0.1) is 5.82 Å². The van der Waals surface area contributed by atoms with E-state index in [0.29, 0.717) is 16.9 Å². The van der Waals surface area contributed by atoms with Crippen LogP contribution in [0.25, 0.3) is 0 Å². The third-order valence-electron chi connectivity index (χ3n) is 2.68. The van der Waals surface area contributed by atoms with Crippen LogP contribution < -0.4 is 5.73 Å². The first-order chi connectivity index (χ1) is 9.02. The van der Waals surface area contributed by atoms with Gasteiger partial charge < -0.3 is 15.0 Å². The monoisotopic (exact) mass is 282 g/mol. The predicted octanol–water partition coefficient (Wildman–Crippen LogP) is 2.70. The molecule has 1 heterocycles. The Morgan fingerprint density at radius 2 is 2.26 bits per heavy atom. The summed E-state index contributed by atoms with van der Waals surface area (Å²) in [5.74, 6) is -1.01. The van der Waals surface area contributed by atoms with Crippen LogP contribution >= 0.6 is 11.6 Å². The van der Waals surface area contributed by atoms with Crippen LogP contribution in [0.15, 0.2) is 30.5 Å². The van der Waals surface area contributed by atoms with Gasteiger partial charge in [-0.1, -0.05) is 23.7 Å². The summed E-state index contributed by atoms with van der Waals surface area (Å²) in [6.07, 6.45) is 1.58. The molecule has 0 bridgehead atoms. The van der Waals surface area contributed by atoms with Gasteiger partial charge in [-0.2, -0.15) is 0 Å². The van der Waals surface area contributed by atoms with E-state index >= 15 is 0 Å². The highest BCUT2D eigenvalue weighted by Crippen LogP contribution is 2.22. The van der Waals surface area contributed by atoms with Crippen LogP contribution in [-0.4, -0.2) is 17.6 Å². The van der Waals surface area contributed by atoms with Gasteiger partial charge in [-0.3, -0.25) is 0 Å². The molecule has 0 saturated heterocycles. The number of hydrogen-bond acceptors (Lipinski definition) is 3.